The zero-order valence-electron chi connectivity index (χ0n) is 11.5. The van der Waals surface area contributed by atoms with Crippen LogP contribution in [0.25, 0.3) is 0 Å². The Hall–Kier alpha value is -1.32. The highest BCUT2D eigenvalue weighted by molar-refractivity contribution is 5.76. The molecule has 0 saturated carbocycles. The van der Waals surface area contributed by atoms with Crippen molar-refractivity contribution in [3.63, 3.8) is 0 Å². The van der Waals surface area contributed by atoms with E-state index >= 15 is 0 Å². The number of aryl methyl sites for hydroxylation is 1. The van der Waals surface area contributed by atoms with Crippen molar-refractivity contribution in [1.29, 1.82) is 0 Å². The lowest BCUT2D eigenvalue weighted by atomic mass is 10.1. The minimum absolute atomic E-state index is 0.180. The molecule has 1 aromatic heterocycles. The molecule has 101 valence electrons. The van der Waals surface area contributed by atoms with Crippen molar-refractivity contribution in [1.82, 2.24) is 14.9 Å². The number of imidazole rings is 1. The van der Waals surface area contributed by atoms with E-state index < -0.39 is 0 Å². The molecule has 1 rings (SSSR count). The van der Waals surface area contributed by atoms with Crippen LogP contribution in [-0.4, -0.2) is 21.5 Å². The van der Waals surface area contributed by atoms with Crippen molar-refractivity contribution in [2.24, 2.45) is 0 Å². The number of hydrogen-bond acceptors (Lipinski definition) is 2. The van der Waals surface area contributed by atoms with Gasteiger partial charge in [-0.05, 0) is 26.7 Å². The molecule has 0 fully saturated rings. The van der Waals surface area contributed by atoms with Gasteiger partial charge in [0.15, 0.2) is 0 Å². The lowest BCUT2D eigenvalue weighted by Gasteiger charge is -2.07. The smallest absolute Gasteiger partial charge is 0.220 e. The summed E-state index contributed by atoms with van der Waals surface area (Å²) in [5.41, 5.74) is 0. The molecule has 0 aliphatic carbocycles. The molecule has 1 radical (unpaired) electrons. The first-order chi connectivity index (χ1) is 8.68. The number of carbonyl (C=O) groups is 1. The van der Waals surface area contributed by atoms with E-state index in [4.69, 9.17) is 0 Å². The van der Waals surface area contributed by atoms with Gasteiger partial charge in [-0.1, -0.05) is 19.3 Å². The quantitative estimate of drug-likeness (QED) is 0.685. The Morgan fingerprint density at radius 3 is 2.67 bits per heavy atom. The van der Waals surface area contributed by atoms with Crippen LogP contribution >= 0.6 is 0 Å². The van der Waals surface area contributed by atoms with Crippen LogP contribution in [0.5, 0.6) is 0 Å². The number of aromatic nitrogens is 2. The van der Waals surface area contributed by atoms with Crippen molar-refractivity contribution < 1.29 is 4.79 Å². The topological polar surface area (TPSA) is 46.9 Å². The summed E-state index contributed by atoms with van der Waals surface area (Å²) in [7, 11) is 0. The molecule has 1 N–H and O–H groups in total. The fourth-order valence-electron chi connectivity index (χ4n) is 1.88. The fraction of sp³-hybridized carbons (Fsp3) is 0.714. The Labute approximate surface area is 110 Å². The third kappa shape index (κ3) is 7.09. The van der Waals surface area contributed by atoms with E-state index in [1.165, 1.54) is 19.3 Å². The van der Waals surface area contributed by atoms with E-state index in [-0.39, 0.29) is 11.9 Å². The molecule has 18 heavy (non-hydrogen) atoms. The van der Waals surface area contributed by atoms with Gasteiger partial charge in [-0.25, -0.2) is 4.98 Å². The molecule has 0 unspecified atom stereocenters. The van der Waals surface area contributed by atoms with Gasteiger partial charge in [0.05, 0.1) is 6.33 Å². The molecule has 1 aromatic rings. The van der Waals surface area contributed by atoms with Gasteiger partial charge in [-0.15, -0.1) is 0 Å². The molecular formula is C14H24N3O. The van der Waals surface area contributed by atoms with Crippen molar-refractivity contribution >= 4 is 5.91 Å². The van der Waals surface area contributed by atoms with Crippen molar-refractivity contribution in [3.8, 4) is 0 Å². The van der Waals surface area contributed by atoms with Gasteiger partial charge in [-0.3, -0.25) is 4.79 Å². The highest BCUT2D eigenvalue weighted by Gasteiger charge is 2.02. The van der Waals surface area contributed by atoms with Crippen LogP contribution in [0.2, 0.25) is 0 Å². The van der Waals surface area contributed by atoms with E-state index in [2.05, 4.69) is 21.1 Å². The Kier molecular flexibility index (Phi) is 7.14. The number of nitrogens with one attached hydrogen (secondary N) is 1. The van der Waals surface area contributed by atoms with Crippen LogP contribution < -0.4 is 5.32 Å². The molecule has 1 amide bonds. The average molecular weight is 250 g/mol. The van der Waals surface area contributed by atoms with Crippen molar-refractivity contribution in [2.75, 3.05) is 0 Å². The number of nitrogens with zero attached hydrogens (tertiary/aromatic N) is 2. The van der Waals surface area contributed by atoms with Crippen molar-refractivity contribution in [2.45, 2.75) is 65.0 Å². The predicted molar refractivity (Wildman–Crippen MR) is 72.0 cm³/mol. The monoisotopic (exact) mass is 250 g/mol. The second-order valence-electron chi connectivity index (χ2n) is 4.98. The van der Waals surface area contributed by atoms with Crippen LogP contribution in [0.3, 0.4) is 0 Å². The summed E-state index contributed by atoms with van der Waals surface area (Å²) in [5.74, 6) is 0.180. The number of carbonyl (C=O) groups excluding carboxylic acids is 1. The molecule has 4 heteroatoms. The van der Waals surface area contributed by atoms with E-state index in [9.17, 15) is 4.79 Å². The van der Waals surface area contributed by atoms with E-state index in [1.807, 2.05) is 20.0 Å². The van der Waals surface area contributed by atoms with Crippen molar-refractivity contribution in [3.05, 3.63) is 18.7 Å². The van der Waals surface area contributed by atoms with E-state index in [1.54, 1.807) is 6.33 Å². The lowest BCUT2D eigenvalue weighted by molar-refractivity contribution is -0.121. The Balaban J connectivity index is 1.88. The van der Waals surface area contributed by atoms with E-state index in [0.717, 1.165) is 19.4 Å². The minimum Gasteiger partial charge on any atom is -0.354 e. The summed E-state index contributed by atoms with van der Waals surface area (Å²) in [6.07, 6.45) is 12.8. The van der Waals surface area contributed by atoms with E-state index in [0.29, 0.717) is 6.42 Å². The summed E-state index contributed by atoms with van der Waals surface area (Å²) in [6.45, 7) is 5.00. The SMILES string of the molecule is CC(C)NC(=O)CCCCCCCn1c[c]nc1. The zero-order chi connectivity index (χ0) is 13.2. The Morgan fingerprint density at radius 2 is 2.00 bits per heavy atom. The maximum Gasteiger partial charge on any atom is 0.220 e. The first-order valence-electron chi connectivity index (χ1n) is 6.85. The van der Waals surface area contributed by atoms with Crippen LogP contribution in [0, 0.1) is 6.20 Å². The number of amides is 1. The summed E-state index contributed by atoms with van der Waals surface area (Å²) in [5, 5.41) is 2.91. The first-order valence-corrected chi connectivity index (χ1v) is 6.85. The largest absolute Gasteiger partial charge is 0.354 e. The molecule has 0 bridgehead atoms. The lowest BCUT2D eigenvalue weighted by Crippen LogP contribution is -2.29. The Bertz CT molecular complexity index is 320. The molecule has 4 nitrogen and oxygen atoms in total. The second-order valence-corrected chi connectivity index (χ2v) is 4.98. The normalized spacial score (nSPS) is 10.8. The number of unbranched alkanes of at least 4 members (excludes halogenated alkanes) is 4. The van der Waals surface area contributed by atoms with Gasteiger partial charge >= 0.3 is 0 Å². The van der Waals surface area contributed by atoms with Crippen LogP contribution in [0.4, 0.5) is 0 Å². The molecule has 0 aliphatic heterocycles. The standard InChI is InChI=1S/C14H24N3O/c1-13(2)16-14(18)8-6-4-3-5-7-10-17-11-9-15-12-17/h11-13H,3-8,10H2,1-2H3,(H,16,18). The van der Waals surface area contributed by atoms with Gasteiger partial charge in [0.2, 0.25) is 5.91 Å². The fourth-order valence-corrected chi connectivity index (χ4v) is 1.88. The third-order valence-electron chi connectivity index (χ3n) is 2.77. The molecule has 0 aromatic carbocycles. The first kappa shape index (κ1) is 14.7. The summed E-state index contributed by atoms with van der Waals surface area (Å²) >= 11 is 0. The van der Waals surface area contributed by atoms with Crippen LogP contribution in [-0.2, 0) is 11.3 Å². The Morgan fingerprint density at radius 1 is 1.28 bits per heavy atom. The maximum atomic E-state index is 11.4. The highest BCUT2D eigenvalue weighted by Crippen LogP contribution is 2.06. The van der Waals surface area contributed by atoms with Gasteiger partial charge in [0.1, 0.15) is 6.20 Å². The molecule has 0 spiro atoms. The molecule has 1 heterocycles. The van der Waals surface area contributed by atoms with Crippen LogP contribution in [0.1, 0.15) is 52.4 Å². The molecule has 0 saturated heterocycles. The second kappa shape index (κ2) is 8.72. The van der Waals surface area contributed by atoms with Gasteiger partial charge in [-0.2, -0.15) is 0 Å². The summed E-state index contributed by atoms with van der Waals surface area (Å²) < 4.78 is 2.05. The minimum atomic E-state index is 0.180. The maximum absolute atomic E-state index is 11.4. The summed E-state index contributed by atoms with van der Waals surface area (Å²) in [4.78, 5) is 15.3. The van der Waals surface area contributed by atoms with Gasteiger partial charge in [0, 0.05) is 25.2 Å². The van der Waals surface area contributed by atoms with Crippen LogP contribution in [0.15, 0.2) is 12.5 Å². The third-order valence-corrected chi connectivity index (χ3v) is 2.77. The van der Waals surface area contributed by atoms with Gasteiger partial charge in [0.25, 0.3) is 0 Å². The molecule has 0 aliphatic rings. The predicted octanol–water partition coefficient (Wildman–Crippen LogP) is 2.55. The zero-order valence-corrected chi connectivity index (χ0v) is 11.5. The molecular weight excluding hydrogens is 226 g/mol. The number of hydrogen-bond donors (Lipinski definition) is 1. The summed E-state index contributed by atoms with van der Waals surface area (Å²) in [6, 6.07) is 0.254. The average Bonchev–Trinajstić information content (AvgIpc) is 2.79. The number of rotatable bonds is 9. The van der Waals surface area contributed by atoms with Gasteiger partial charge < -0.3 is 9.88 Å². The highest BCUT2D eigenvalue weighted by atomic mass is 16.1. The molecule has 0 atom stereocenters.